The number of Topliss-reactive ketones (excluding diaryl/α,β-unsaturated/α-hetero) is 1. The lowest BCUT2D eigenvalue weighted by Gasteiger charge is -2.13. The lowest BCUT2D eigenvalue weighted by atomic mass is 10.1. The van der Waals surface area contributed by atoms with Gasteiger partial charge in [0.25, 0.3) is 5.56 Å². The molecule has 0 aliphatic carbocycles. The molecule has 0 radical (unpaired) electrons. The number of anilines is 1. The number of pyridine rings is 1. The zero-order valence-corrected chi connectivity index (χ0v) is 20.5. The van der Waals surface area contributed by atoms with Crippen LogP contribution in [0.25, 0.3) is 16.7 Å². The van der Waals surface area contributed by atoms with Gasteiger partial charge in [0.1, 0.15) is 5.82 Å². The van der Waals surface area contributed by atoms with Crippen LogP contribution in [0.3, 0.4) is 0 Å². The van der Waals surface area contributed by atoms with Crippen LogP contribution in [0.1, 0.15) is 22.8 Å². The number of fused-ring (bicyclic) bond motifs is 1. The number of nitrogens with zero attached hydrogens (tertiary/aromatic N) is 3. The van der Waals surface area contributed by atoms with Gasteiger partial charge in [-0.2, -0.15) is 0 Å². The number of ketones is 1. The summed E-state index contributed by atoms with van der Waals surface area (Å²) < 4.78 is 1.46. The van der Waals surface area contributed by atoms with Gasteiger partial charge in [0, 0.05) is 23.6 Å². The van der Waals surface area contributed by atoms with Gasteiger partial charge in [-0.1, -0.05) is 23.9 Å². The summed E-state index contributed by atoms with van der Waals surface area (Å²) >= 11 is 2.64. The fraction of sp³-hybridized carbons (Fsp3) is 0.160. The zero-order chi connectivity index (χ0) is 24.2. The number of hydrogen-bond donors (Lipinski definition) is 1. The van der Waals surface area contributed by atoms with Crippen molar-refractivity contribution >= 4 is 51.8 Å². The monoisotopic (exact) mass is 490 g/mol. The van der Waals surface area contributed by atoms with Gasteiger partial charge >= 0.3 is 0 Å². The van der Waals surface area contributed by atoms with Gasteiger partial charge < -0.3 is 5.32 Å². The SMILES string of the molecule is CSc1cc(C(=O)CSc2nc3ccccc3c(=O)n2-c2cc(C)ccn2)ccc1NC(C)=O. The molecule has 0 aliphatic rings. The van der Waals surface area contributed by atoms with E-state index in [1.54, 1.807) is 42.6 Å². The van der Waals surface area contributed by atoms with Gasteiger partial charge in [-0.05, 0) is 61.2 Å². The molecule has 0 fully saturated rings. The van der Waals surface area contributed by atoms with Crippen LogP contribution in [0.15, 0.2) is 75.6 Å². The molecule has 0 atom stereocenters. The first-order chi connectivity index (χ1) is 16.4. The molecule has 34 heavy (non-hydrogen) atoms. The molecule has 0 saturated heterocycles. The van der Waals surface area contributed by atoms with Gasteiger partial charge in [0.2, 0.25) is 5.91 Å². The van der Waals surface area contributed by atoms with Crippen LogP contribution in [0.5, 0.6) is 0 Å². The molecule has 7 nitrogen and oxygen atoms in total. The smallest absolute Gasteiger partial charge is 0.267 e. The predicted molar refractivity (Wildman–Crippen MR) is 137 cm³/mol. The Morgan fingerprint density at radius 1 is 1.09 bits per heavy atom. The van der Waals surface area contributed by atoms with E-state index in [0.29, 0.717) is 33.1 Å². The van der Waals surface area contributed by atoms with Crippen molar-refractivity contribution in [1.29, 1.82) is 0 Å². The summed E-state index contributed by atoms with van der Waals surface area (Å²) in [7, 11) is 0. The van der Waals surface area contributed by atoms with Crippen molar-refractivity contribution in [3.63, 3.8) is 0 Å². The Kier molecular flexibility index (Phi) is 7.14. The lowest BCUT2D eigenvalue weighted by Crippen LogP contribution is -2.23. The quantitative estimate of drug-likeness (QED) is 0.227. The summed E-state index contributed by atoms with van der Waals surface area (Å²) in [4.78, 5) is 47.6. The number of benzene rings is 2. The summed E-state index contributed by atoms with van der Waals surface area (Å²) in [5.41, 5.74) is 2.48. The Hall–Kier alpha value is -3.43. The second-order valence-electron chi connectivity index (χ2n) is 7.55. The number of carbonyl (C=O) groups is 2. The number of rotatable bonds is 7. The molecule has 2 heterocycles. The van der Waals surface area contributed by atoms with Crippen molar-refractivity contribution in [1.82, 2.24) is 14.5 Å². The van der Waals surface area contributed by atoms with Gasteiger partial charge in [-0.15, -0.1) is 11.8 Å². The molecular formula is C25H22N4O3S2. The standard InChI is InChI=1S/C25H22N4O3S2/c1-15-10-11-26-23(12-15)29-24(32)18-6-4-5-7-19(18)28-25(29)34-14-21(31)17-8-9-20(27-16(2)30)22(13-17)33-3/h4-13H,14H2,1-3H3,(H,27,30). The van der Waals surface area contributed by atoms with E-state index in [4.69, 9.17) is 0 Å². The third kappa shape index (κ3) is 5.05. The van der Waals surface area contributed by atoms with Crippen LogP contribution >= 0.6 is 23.5 Å². The highest BCUT2D eigenvalue weighted by atomic mass is 32.2. The molecule has 0 bridgehead atoms. The van der Waals surface area contributed by atoms with Crippen LogP contribution < -0.4 is 10.9 Å². The minimum atomic E-state index is -0.233. The van der Waals surface area contributed by atoms with Crippen molar-refractivity contribution < 1.29 is 9.59 Å². The number of hydrogen-bond acceptors (Lipinski definition) is 7. The Morgan fingerprint density at radius 2 is 1.88 bits per heavy atom. The van der Waals surface area contributed by atoms with Gasteiger partial charge in [0.05, 0.1) is 22.3 Å². The van der Waals surface area contributed by atoms with Crippen LogP contribution in [0.4, 0.5) is 5.69 Å². The highest BCUT2D eigenvalue weighted by molar-refractivity contribution is 7.99. The molecule has 2 aromatic heterocycles. The van der Waals surface area contributed by atoms with E-state index in [2.05, 4.69) is 15.3 Å². The molecule has 2 aromatic carbocycles. The average Bonchev–Trinajstić information content (AvgIpc) is 2.82. The van der Waals surface area contributed by atoms with Gasteiger partial charge in [0.15, 0.2) is 10.9 Å². The second-order valence-corrected chi connectivity index (χ2v) is 9.34. The Bertz CT molecular complexity index is 1470. The third-order valence-electron chi connectivity index (χ3n) is 5.04. The first-order valence-electron chi connectivity index (χ1n) is 10.4. The van der Waals surface area contributed by atoms with E-state index < -0.39 is 0 Å². The van der Waals surface area contributed by atoms with Crippen LogP contribution in [-0.2, 0) is 4.79 Å². The highest BCUT2D eigenvalue weighted by Crippen LogP contribution is 2.28. The summed E-state index contributed by atoms with van der Waals surface area (Å²) in [6.07, 6.45) is 3.53. The van der Waals surface area contributed by atoms with Crippen molar-refractivity contribution in [2.75, 3.05) is 17.3 Å². The van der Waals surface area contributed by atoms with Crippen molar-refractivity contribution in [2.24, 2.45) is 0 Å². The van der Waals surface area contributed by atoms with E-state index in [1.165, 1.54) is 35.0 Å². The lowest BCUT2D eigenvalue weighted by molar-refractivity contribution is -0.114. The fourth-order valence-corrected chi connectivity index (χ4v) is 4.90. The zero-order valence-electron chi connectivity index (χ0n) is 18.9. The fourth-order valence-electron chi connectivity index (χ4n) is 3.42. The first kappa shape index (κ1) is 23.7. The highest BCUT2D eigenvalue weighted by Gasteiger charge is 2.17. The topological polar surface area (TPSA) is 93.9 Å². The number of nitrogens with one attached hydrogen (secondary N) is 1. The van der Waals surface area contributed by atoms with Crippen LogP contribution in [0, 0.1) is 6.92 Å². The van der Waals surface area contributed by atoms with E-state index in [1.807, 2.05) is 31.4 Å². The third-order valence-corrected chi connectivity index (χ3v) is 6.76. The minimum Gasteiger partial charge on any atom is -0.325 e. The van der Waals surface area contributed by atoms with Crippen molar-refractivity contribution in [2.45, 2.75) is 23.9 Å². The van der Waals surface area contributed by atoms with E-state index in [0.717, 1.165) is 10.5 Å². The molecule has 4 rings (SSSR count). The van der Waals surface area contributed by atoms with E-state index >= 15 is 0 Å². The number of aryl methyl sites for hydroxylation is 1. The molecule has 0 spiro atoms. The Morgan fingerprint density at radius 3 is 2.62 bits per heavy atom. The molecule has 0 unspecified atom stereocenters. The molecule has 9 heteroatoms. The number of thioether (sulfide) groups is 2. The van der Waals surface area contributed by atoms with Crippen molar-refractivity contribution in [3.05, 3.63) is 82.3 Å². The molecule has 1 amide bonds. The van der Waals surface area contributed by atoms with Gasteiger partial charge in [-0.3, -0.25) is 14.4 Å². The van der Waals surface area contributed by atoms with Crippen molar-refractivity contribution in [3.8, 4) is 5.82 Å². The van der Waals surface area contributed by atoms with Crippen LogP contribution in [-0.4, -0.2) is 38.2 Å². The summed E-state index contributed by atoms with van der Waals surface area (Å²) in [5, 5.41) is 3.65. The van der Waals surface area contributed by atoms with E-state index in [9.17, 15) is 14.4 Å². The Labute approximate surface area is 205 Å². The average molecular weight is 491 g/mol. The predicted octanol–water partition coefficient (Wildman–Crippen LogP) is 4.74. The summed E-state index contributed by atoms with van der Waals surface area (Å²) in [6, 6.07) is 16.0. The Balaban J connectivity index is 1.68. The molecule has 4 aromatic rings. The molecule has 172 valence electrons. The summed E-state index contributed by atoms with van der Waals surface area (Å²) in [5.74, 6) is 0.266. The maximum absolute atomic E-state index is 13.3. The number of carbonyl (C=O) groups excluding carboxylic acids is 2. The minimum absolute atomic E-state index is 0.0872. The van der Waals surface area contributed by atoms with E-state index in [-0.39, 0.29) is 23.0 Å². The molecule has 0 aliphatic heterocycles. The van der Waals surface area contributed by atoms with Gasteiger partial charge in [-0.25, -0.2) is 14.5 Å². The first-order valence-corrected chi connectivity index (χ1v) is 12.6. The normalized spacial score (nSPS) is 10.9. The van der Waals surface area contributed by atoms with Crippen LogP contribution in [0.2, 0.25) is 0 Å². The largest absolute Gasteiger partial charge is 0.325 e. The molecular weight excluding hydrogens is 468 g/mol. The number of amides is 1. The number of para-hydroxylation sites is 1. The molecule has 1 N–H and O–H groups in total. The number of aromatic nitrogens is 3. The second kappa shape index (κ2) is 10.2. The summed E-state index contributed by atoms with van der Waals surface area (Å²) in [6.45, 7) is 3.37. The maximum Gasteiger partial charge on any atom is 0.267 e. The molecule has 0 saturated carbocycles. The maximum atomic E-state index is 13.3.